The lowest BCUT2D eigenvalue weighted by atomic mass is 10.1. The van der Waals surface area contributed by atoms with Crippen molar-refractivity contribution >= 4 is 22.5 Å². The predicted molar refractivity (Wildman–Crippen MR) is 59.6 cm³/mol. The molecule has 0 amide bonds. The Labute approximate surface area is 91.4 Å². The number of aryl methyl sites for hydroxylation is 1. The zero-order chi connectivity index (χ0) is 11.9. The number of carbonyl (C=O) groups excluding carboxylic acids is 1. The number of hydrogen-bond donors (Lipinski definition) is 0. The molecule has 0 saturated carbocycles. The minimum atomic E-state index is -0.415. The van der Waals surface area contributed by atoms with Crippen molar-refractivity contribution in [2.75, 3.05) is 0 Å². The van der Waals surface area contributed by atoms with E-state index in [0.717, 1.165) is 0 Å². The zero-order valence-electron chi connectivity index (χ0n) is 8.93. The molecule has 0 aliphatic rings. The van der Waals surface area contributed by atoms with E-state index in [1.165, 1.54) is 11.5 Å². The second-order valence-electron chi connectivity index (χ2n) is 3.63. The van der Waals surface area contributed by atoms with E-state index in [-0.39, 0.29) is 11.6 Å². The van der Waals surface area contributed by atoms with Crippen molar-refractivity contribution in [2.24, 2.45) is 0 Å². The van der Waals surface area contributed by atoms with Gasteiger partial charge < -0.3 is 0 Å². The van der Waals surface area contributed by atoms with Crippen molar-refractivity contribution < 1.29 is 9.72 Å². The fraction of sp³-hybridized carbons (Fsp3) is 0.182. The summed E-state index contributed by atoms with van der Waals surface area (Å²) in [4.78, 5) is 21.8. The number of hydrogen-bond acceptors (Lipinski definition) is 3. The SMILES string of the molecule is CC(=O)n1ccc2c([N+](=O)[O-])c(C)ccc21. The second-order valence-corrected chi connectivity index (χ2v) is 3.63. The number of nitro groups is 1. The number of fused-ring (bicyclic) bond motifs is 1. The van der Waals surface area contributed by atoms with Gasteiger partial charge in [0, 0.05) is 18.7 Å². The Kier molecular flexibility index (Phi) is 2.23. The first-order chi connectivity index (χ1) is 7.52. The summed E-state index contributed by atoms with van der Waals surface area (Å²) in [5.74, 6) is -0.159. The van der Waals surface area contributed by atoms with Crippen LogP contribution >= 0.6 is 0 Å². The highest BCUT2D eigenvalue weighted by Crippen LogP contribution is 2.29. The molecular weight excluding hydrogens is 208 g/mol. The Morgan fingerprint density at radius 1 is 1.38 bits per heavy atom. The van der Waals surface area contributed by atoms with Crippen LogP contribution < -0.4 is 0 Å². The van der Waals surface area contributed by atoms with Crippen LogP contribution in [0.4, 0.5) is 5.69 Å². The van der Waals surface area contributed by atoms with Crippen molar-refractivity contribution in [1.29, 1.82) is 0 Å². The molecule has 0 saturated heterocycles. The van der Waals surface area contributed by atoms with E-state index in [4.69, 9.17) is 0 Å². The van der Waals surface area contributed by atoms with Crippen LogP contribution in [0.1, 0.15) is 17.3 Å². The molecule has 0 aliphatic heterocycles. The molecule has 1 aromatic carbocycles. The molecule has 0 bridgehead atoms. The topological polar surface area (TPSA) is 65.1 Å². The molecular formula is C11H10N2O3. The molecule has 0 atom stereocenters. The molecule has 0 aliphatic carbocycles. The minimum absolute atomic E-state index is 0.0671. The average molecular weight is 218 g/mol. The molecule has 5 heteroatoms. The maximum atomic E-state index is 11.3. The van der Waals surface area contributed by atoms with E-state index in [9.17, 15) is 14.9 Å². The molecule has 0 spiro atoms. The monoisotopic (exact) mass is 218 g/mol. The van der Waals surface area contributed by atoms with Crippen molar-refractivity contribution in [3.05, 3.63) is 40.1 Å². The highest BCUT2D eigenvalue weighted by molar-refractivity contribution is 5.97. The summed E-state index contributed by atoms with van der Waals surface area (Å²) in [6, 6.07) is 4.97. The summed E-state index contributed by atoms with van der Waals surface area (Å²) < 4.78 is 1.40. The van der Waals surface area contributed by atoms with Crippen LogP contribution in [0, 0.1) is 17.0 Å². The van der Waals surface area contributed by atoms with Gasteiger partial charge >= 0.3 is 0 Å². The predicted octanol–water partition coefficient (Wildman–Crippen LogP) is 2.52. The van der Waals surface area contributed by atoms with Crippen LogP contribution in [0.5, 0.6) is 0 Å². The van der Waals surface area contributed by atoms with Crippen LogP contribution in [-0.4, -0.2) is 15.4 Å². The van der Waals surface area contributed by atoms with Gasteiger partial charge in [0.25, 0.3) is 5.69 Å². The second kappa shape index (κ2) is 3.44. The van der Waals surface area contributed by atoms with E-state index in [1.54, 1.807) is 31.3 Å². The molecule has 2 rings (SSSR count). The number of nitro benzene ring substituents is 1. The Hall–Kier alpha value is -2.17. The van der Waals surface area contributed by atoms with Crippen LogP contribution in [0.2, 0.25) is 0 Å². The van der Waals surface area contributed by atoms with Gasteiger partial charge in [0.15, 0.2) is 0 Å². The lowest BCUT2D eigenvalue weighted by Gasteiger charge is -2.01. The smallest absolute Gasteiger partial charge is 0.281 e. The number of rotatable bonds is 1. The molecule has 82 valence electrons. The third kappa shape index (κ3) is 1.37. The van der Waals surface area contributed by atoms with Gasteiger partial charge in [-0.1, -0.05) is 6.07 Å². The van der Waals surface area contributed by atoms with Gasteiger partial charge in [0.05, 0.1) is 15.8 Å². The molecule has 5 nitrogen and oxygen atoms in total. The summed E-state index contributed by atoms with van der Waals surface area (Å²) >= 11 is 0. The first-order valence-electron chi connectivity index (χ1n) is 4.78. The fourth-order valence-electron chi connectivity index (χ4n) is 1.83. The van der Waals surface area contributed by atoms with Crippen LogP contribution in [0.25, 0.3) is 10.9 Å². The Bertz CT molecular complexity index is 599. The van der Waals surface area contributed by atoms with Crippen molar-refractivity contribution in [3.63, 3.8) is 0 Å². The van der Waals surface area contributed by atoms with Gasteiger partial charge in [-0.05, 0) is 19.1 Å². The van der Waals surface area contributed by atoms with Crippen LogP contribution in [0.15, 0.2) is 24.4 Å². The van der Waals surface area contributed by atoms with E-state index < -0.39 is 4.92 Å². The molecule has 0 fully saturated rings. The zero-order valence-corrected chi connectivity index (χ0v) is 8.93. The molecule has 16 heavy (non-hydrogen) atoms. The van der Waals surface area contributed by atoms with E-state index in [1.807, 2.05) is 0 Å². The highest BCUT2D eigenvalue weighted by Gasteiger charge is 2.18. The molecule has 2 aromatic rings. The lowest BCUT2D eigenvalue weighted by molar-refractivity contribution is -0.383. The standard InChI is InChI=1S/C11H10N2O3/c1-7-3-4-10-9(11(7)13(15)16)5-6-12(10)8(2)14/h3-6H,1-2H3. The number of nitrogens with zero attached hydrogens (tertiary/aromatic N) is 2. The van der Waals surface area contributed by atoms with Crippen molar-refractivity contribution in [2.45, 2.75) is 13.8 Å². The third-order valence-corrected chi connectivity index (χ3v) is 2.57. The van der Waals surface area contributed by atoms with Gasteiger partial charge in [-0.15, -0.1) is 0 Å². The normalized spacial score (nSPS) is 10.6. The number of carbonyl (C=O) groups is 1. The number of benzene rings is 1. The summed E-state index contributed by atoms with van der Waals surface area (Å²) in [7, 11) is 0. The van der Waals surface area contributed by atoms with Crippen molar-refractivity contribution in [3.8, 4) is 0 Å². The van der Waals surface area contributed by atoms with Gasteiger partial charge in [-0.3, -0.25) is 19.5 Å². The van der Waals surface area contributed by atoms with Gasteiger partial charge in [0.1, 0.15) is 0 Å². The number of aromatic nitrogens is 1. The molecule has 0 unspecified atom stereocenters. The highest BCUT2D eigenvalue weighted by atomic mass is 16.6. The largest absolute Gasteiger partial charge is 0.287 e. The van der Waals surface area contributed by atoms with E-state index in [2.05, 4.69) is 0 Å². The third-order valence-electron chi connectivity index (χ3n) is 2.57. The molecule has 1 heterocycles. The van der Waals surface area contributed by atoms with E-state index >= 15 is 0 Å². The van der Waals surface area contributed by atoms with Crippen LogP contribution in [0.3, 0.4) is 0 Å². The lowest BCUT2D eigenvalue weighted by Crippen LogP contribution is -2.03. The Morgan fingerprint density at radius 3 is 2.62 bits per heavy atom. The van der Waals surface area contributed by atoms with E-state index in [0.29, 0.717) is 16.5 Å². The Balaban J connectivity index is 2.86. The fourth-order valence-corrected chi connectivity index (χ4v) is 1.83. The maximum Gasteiger partial charge on any atom is 0.281 e. The Morgan fingerprint density at radius 2 is 2.06 bits per heavy atom. The molecule has 0 radical (unpaired) electrons. The first-order valence-corrected chi connectivity index (χ1v) is 4.78. The van der Waals surface area contributed by atoms with Gasteiger partial charge in [-0.2, -0.15) is 0 Å². The first kappa shape index (κ1) is 10.4. The summed E-state index contributed by atoms with van der Waals surface area (Å²) in [5.41, 5.74) is 1.24. The maximum absolute atomic E-state index is 11.3. The molecule has 1 aromatic heterocycles. The van der Waals surface area contributed by atoms with Gasteiger partial charge in [-0.25, -0.2) is 0 Å². The summed E-state index contributed by atoms with van der Waals surface area (Å²) in [6.45, 7) is 3.10. The van der Waals surface area contributed by atoms with Gasteiger partial charge in [0.2, 0.25) is 5.91 Å². The summed E-state index contributed by atoms with van der Waals surface area (Å²) in [5, 5.41) is 11.4. The summed E-state index contributed by atoms with van der Waals surface area (Å²) in [6.07, 6.45) is 1.56. The average Bonchev–Trinajstić information content (AvgIpc) is 2.59. The minimum Gasteiger partial charge on any atom is -0.287 e. The van der Waals surface area contributed by atoms with Crippen molar-refractivity contribution in [1.82, 2.24) is 4.57 Å². The quantitative estimate of drug-likeness (QED) is 0.545. The van der Waals surface area contributed by atoms with Crippen LogP contribution in [-0.2, 0) is 0 Å². The molecule has 0 N–H and O–H groups in total.